The molecule has 1 aliphatic heterocycles. The maximum absolute atomic E-state index is 12.7. The number of rotatable bonds is 5. The van der Waals surface area contributed by atoms with E-state index in [-0.39, 0.29) is 23.5 Å². The van der Waals surface area contributed by atoms with Crippen LogP contribution in [-0.4, -0.2) is 27.0 Å². The zero-order valence-corrected chi connectivity index (χ0v) is 17.5. The predicted octanol–water partition coefficient (Wildman–Crippen LogP) is 3.49. The topological polar surface area (TPSA) is 78.5 Å². The van der Waals surface area contributed by atoms with E-state index in [0.717, 1.165) is 35.2 Å². The Labute approximate surface area is 172 Å². The Morgan fingerprint density at radius 1 is 1.10 bits per heavy atom. The summed E-state index contributed by atoms with van der Waals surface area (Å²) in [5.74, 6) is 0. The van der Waals surface area contributed by atoms with Gasteiger partial charge >= 0.3 is 6.03 Å². The molecule has 2 aliphatic rings. The third-order valence-electron chi connectivity index (χ3n) is 5.77. The monoisotopic (exact) mass is 413 g/mol. The Balaban J connectivity index is 1.44. The summed E-state index contributed by atoms with van der Waals surface area (Å²) in [6.07, 6.45) is 5.07. The molecule has 29 heavy (non-hydrogen) atoms. The SMILES string of the molecule is Cc1ccc(CNS(=O)(=O)c2ccc3c(c2)CCN3C(=O)NC2CCCC2)cc1. The third kappa shape index (κ3) is 4.46. The van der Waals surface area contributed by atoms with Crippen molar-refractivity contribution in [3.8, 4) is 0 Å². The van der Waals surface area contributed by atoms with Crippen LogP contribution in [0.5, 0.6) is 0 Å². The molecule has 6 nitrogen and oxygen atoms in total. The molecule has 154 valence electrons. The van der Waals surface area contributed by atoms with Gasteiger partial charge < -0.3 is 5.32 Å². The van der Waals surface area contributed by atoms with Crippen molar-refractivity contribution in [2.45, 2.75) is 56.5 Å². The van der Waals surface area contributed by atoms with E-state index in [9.17, 15) is 13.2 Å². The third-order valence-corrected chi connectivity index (χ3v) is 7.17. The van der Waals surface area contributed by atoms with E-state index < -0.39 is 10.0 Å². The van der Waals surface area contributed by atoms with Gasteiger partial charge in [0.05, 0.1) is 4.90 Å². The number of nitrogens with zero attached hydrogens (tertiary/aromatic N) is 1. The van der Waals surface area contributed by atoms with E-state index in [0.29, 0.717) is 13.0 Å². The molecule has 0 spiro atoms. The highest BCUT2D eigenvalue weighted by atomic mass is 32.2. The number of hydrogen-bond acceptors (Lipinski definition) is 3. The van der Waals surface area contributed by atoms with E-state index in [2.05, 4.69) is 10.0 Å². The molecule has 0 unspecified atom stereocenters. The fourth-order valence-corrected chi connectivity index (χ4v) is 5.11. The van der Waals surface area contributed by atoms with E-state index in [1.165, 1.54) is 12.8 Å². The highest BCUT2D eigenvalue weighted by molar-refractivity contribution is 7.89. The lowest BCUT2D eigenvalue weighted by molar-refractivity contribution is 0.243. The van der Waals surface area contributed by atoms with Crippen LogP contribution in [0.4, 0.5) is 10.5 Å². The predicted molar refractivity (Wildman–Crippen MR) is 113 cm³/mol. The molecule has 4 rings (SSSR count). The van der Waals surface area contributed by atoms with Crippen LogP contribution < -0.4 is 14.9 Å². The second kappa shape index (κ2) is 8.16. The van der Waals surface area contributed by atoms with Gasteiger partial charge in [-0.15, -0.1) is 0 Å². The van der Waals surface area contributed by atoms with Gasteiger partial charge in [-0.3, -0.25) is 4.90 Å². The number of amides is 2. The van der Waals surface area contributed by atoms with Crippen molar-refractivity contribution in [2.75, 3.05) is 11.4 Å². The summed E-state index contributed by atoms with van der Waals surface area (Å²) < 4.78 is 28.1. The van der Waals surface area contributed by atoms with E-state index in [4.69, 9.17) is 0 Å². The smallest absolute Gasteiger partial charge is 0.322 e. The van der Waals surface area contributed by atoms with Crippen molar-refractivity contribution in [3.05, 3.63) is 59.2 Å². The van der Waals surface area contributed by atoms with Crippen LogP contribution in [0.1, 0.15) is 42.4 Å². The molecule has 0 atom stereocenters. The maximum atomic E-state index is 12.7. The lowest BCUT2D eigenvalue weighted by Crippen LogP contribution is -2.43. The van der Waals surface area contributed by atoms with Gasteiger partial charge in [0.25, 0.3) is 0 Å². The van der Waals surface area contributed by atoms with Crippen LogP contribution in [0.15, 0.2) is 47.4 Å². The van der Waals surface area contributed by atoms with Gasteiger partial charge in [0, 0.05) is 24.8 Å². The number of carbonyl (C=O) groups excluding carboxylic acids is 1. The average Bonchev–Trinajstić information content (AvgIpc) is 3.36. The van der Waals surface area contributed by atoms with Gasteiger partial charge in [-0.1, -0.05) is 42.7 Å². The molecule has 1 heterocycles. The van der Waals surface area contributed by atoms with Gasteiger partial charge in [-0.2, -0.15) is 0 Å². The molecular weight excluding hydrogens is 386 g/mol. The van der Waals surface area contributed by atoms with Gasteiger partial charge in [-0.05, 0) is 55.5 Å². The lowest BCUT2D eigenvalue weighted by atomic mass is 10.2. The summed E-state index contributed by atoms with van der Waals surface area (Å²) in [5.41, 5.74) is 3.75. The second-order valence-corrected chi connectivity index (χ2v) is 9.70. The van der Waals surface area contributed by atoms with E-state index in [1.54, 1.807) is 23.1 Å². The highest BCUT2D eigenvalue weighted by Crippen LogP contribution is 2.30. The standard InChI is InChI=1S/C22H27N3O3S/c1-16-6-8-17(9-7-16)15-23-29(27,28)20-10-11-21-18(14-20)12-13-25(21)22(26)24-19-4-2-3-5-19/h6-11,14,19,23H,2-5,12-13,15H2,1H3,(H,24,26). The molecule has 0 saturated heterocycles. The summed E-state index contributed by atoms with van der Waals surface area (Å²) in [4.78, 5) is 14.6. The Morgan fingerprint density at radius 2 is 1.83 bits per heavy atom. The number of urea groups is 1. The summed E-state index contributed by atoms with van der Waals surface area (Å²) in [7, 11) is -3.62. The van der Waals surface area contributed by atoms with Crippen molar-refractivity contribution < 1.29 is 13.2 Å². The minimum absolute atomic E-state index is 0.0799. The van der Waals surface area contributed by atoms with Crippen LogP contribution in [0.25, 0.3) is 0 Å². The quantitative estimate of drug-likeness (QED) is 0.788. The summed E-state index contributed by atoms with van der Waals surface area (Å²) in [6, 6.07) is 13.0. The number of nitrogens with one attached hydrogen (secondary N) is 2. The summed E-state index contributed by atoms with van der Waals surface area (Å²) >= 11 is 0. The Hall–Kier alpha value is -2.38. The molecule has 2 amide bonds. The number of benzene rings is 2. The number of carbonyl (C=O) groups is 1. The number of anilines is 1. The molecule has 1 saturated carbocycles. The number of sulfonamides is 1. The zero-order valence-electron chi connectivity index (χ0n) is 16.6. The van der Waals surface area contributed by atoms with Gasteiger partial charge in [0.15, 0.2) is 0 Å². The first kappa shape index (κ1) is 19.9. The number of fused-ring (bicyclic) bond motifs is 1. The van der Waals surface area contributed by atoms with E-state index >= 15 is 0 Å². The van der Waals surface area contributed by atoms with Gasteiger partial charge in [0.2, 0.25) is 10.0 Å². The Morgan fingerprint density at radius 3 is 2.55 bits per heavy atom. The maximum Gasteiger partial charge on any atom is 0.322 e. The van der Waals surface area contributed by atoms with Crippen molar-refractivity contribution in [3.63, 3.8) is 0 Å². The second-order valence-electron chi connectivity index (χ2n) is 7.93. The van der Waals surface area contributed by atoms with Crippen molar-refractivity contribution in [2.24, 2.45) is 0 Å². The van der Waals surface area contributed by atoms with Crippen LogP contribution in [-0.2, 0) is 23.0 Å². The molecule has 0 aromatic heterocycles. The van der Waals surface area contributed by atoms with Crippen LogP contribution in [0, 0.1) is 6.92 Å². The number of hydrogen-bond donors (Lipinski definition) is 2. The fourth-order valence-electron chi connectivity index (χ4n) is 4.05. The van der Waals surface area contributed by atoms with Crippen molar-refractivity contribution in [1.29, 1.82) is 0 Å². The highest BCUT2D eigenvalue weighted by Gasteiger charge is 2.28. The molecule has 1 fully saturated rings. The molecule has 0 radical (unpaired) electrons. The Bertz CT molecular complexity index is 996. The molecule has 2 aromatic rings. The normalized spacial score (nSPS) is 16.8. The van der Waals surface area contributed by atoms with Crippen LogP contribution in [0.2, 0.25) is 0 Å². The minimum Gasteiger partial charge on any atom is -0.335 e. The van der Waals surface area contributed by atoms with Crippen LogP contribution in [0.3, 0.4) is 0 Å². The number of aryl methyl sites for hydroxylation is 1. The van der Waals surface area contributed by atoms with Crippen LogP contribution >= 0.6 is 0 Å². The molecule has 2 N–H and O–H groups in total. The average molecular weight is 414 g/mol. The molecule has 2 aromatic carbocycles. The molecule has 0 bridgehead atoms. The molecule has 7 heteroatoms. The van der Waals surface area contributed by atoms with Gasteiger partial charge in [0.1, 0.15) is 0 Å². The molecule has 1 aliphatic carbocycles. The largest absolute Gasteiger partial charge is 0.335 e. The first-order valence-corrected chi connectivity index (χ1v) is 11.7. The zero-order chi connectivity index (χ0) is 20.4. The first-order valence-electron chi connectivity index (χ1n) is 10.2. The van der Waals surface area contributed by atoms with Crippen molar-refractivity contribution >= 4 is 21.7 Å². The minimum atomic E-state index is -3.62. The molecular formula is C22H27N3O3S. The fraction of sp³-hybridized carbons (Fsp3) is 0.409. The first-order chi connectivity index (χ1) is 13.9. The van der Waals surface area contributed by atoms with Crippen molar-refractivity contribution in [1.82, 2.24) is 10.0 Å². The van der Waals surface area contributed by atoms with Gasteiger partial charge in [-0.25, -0.2) is 17.9 Å². The lowest BCUT2D eigenvalue weighted by Gasteiger charge is -2.21. The van der Waals surface area contributed by atoms with E-state index in [1.807, 2.05) is 31.2 Å². The summed E-state index contributed by atoms with van der Waals surface area (Å²) in [5, 5.41) is 3.11. The Kier molecular flexibility index (Phi) is 5.61. The summed E-state index contributed by atoms with van der Waals surface area (Å²) in [6.45, 7) is 2.82.